The highest BCUT2D eigenvalue weighted by molar-refractivity contribution is 5.98. The van der Waals surface area contributed by atoms with Gasteiger partial charge in [0.2, 0.25) is 23.5 Å². The quantitative estimate of drug-likeness (QED) is 0.138. The van der Waals surface area contributed by atoms with Crippen molar-refractivity contribution in [2.45, 2.75) is 64.0 Å². The molecule has 1 saturated carbocycles. The number of nitrogens with zero attached hydrogens (tertiary/aromatic N) is 4. The molecule has 1 unspecified atom stereocenters. The van der Waals surface area contributed by atoms with Gasteiger partial charge >= 0.3 is 0 Å². The molecule has 2 aromatic heterocycles. The Morgan fingerprint density at radius 3 is 2.38 bits per heavy atom. The highest BCUT2D eigenvalue weighted by Gasteiger charge is 2.30. The average molecular weight is 679 g/mol. The normalized spacial score (nSPS) is 19.6. The number of nitrogens with two attached hydrogens (primary N) is 1. The minimum Gasteiger partial charge on any atom is -0.354 e. The Labute approximate surface area is 289 Å². The van der Waals surface area contributed by atoms with Crippen LogP contribution >= 0.6 is 0 Å². The Kier molecular flexibility index (Phi) is 10.9. The number of hydrogen-bond acceptors (Lipinski definition) is 9. The molecule has 4 aromatic rings. The van der Waals surface area contributed by atoms with E-state index in [4.69, 9.17) is 5.73 Å². The second-order valence-electron chi connectivity index (χ2n) is 13.1. The molecular formula is C36H42N10O4. The first-order chi connectivity index (χ1) is 24.3. The highest BCUT2D eigenvalue weighted by atomic mass is 16.2. The lowest BCUT2D eigenvalue weighted by Gasteiger charge is -2.28. The Hall–Kier alpha value is -5.50. The van der Waals surface area contributed by atoms with Crippen LogP contribution in [0.1, 0.15) is 60.1 Å². The maximum atomic E-state index is 13.7. The van der Waals surface area contributed by atoms with E-state index in [-0.39, 0.29) is 35.8 Å². The van der Waals surface area contributed by atoms with E-state index in [1.165, 1.54) is 0 Å². The first-order valence-electron chi connectivity index (χ1n) is 17.1. The molecule has 1 aliphatic carbocycles. The van der Waals surface area contributed by atoms with Gasteiger partial charge in [0.05, 0.1) is 0 Å². The standard InChI is InChI=1S/C36H42N10O4/c1-21-17-30(35(49)41-29-3-2-16-38-34(29)48)39-20-28(21)24-8-4-22(5-9-24)18-31(42-33(47)26-10-6-23(19-37)7-11-26)36(50)40-27-14-12-25(13-15-27)32-43-45-46-44-32/h4-5,8-9,12-15,17,20,23,26,29,31H,2-3,6-7,10-11,16,18-19,37H2,1H3,(H,38,48)(H,40,50)(H,41,49)(H,42,47)(H,43,44,45,46)/t23?,26?,29?,31-/m0/s1. The molecule has 6 rings (SSSR count). The van der Waals surface area contributed by atoms with Crippen molar-refractivity contribution < 1.29 is 19.2 Å². The molecule has 7 N–H and O–H groups in total. The number of piperidine rings is 1. The number of carbonyl (C=O) groups excluding carboxylic acids is 4. The molecule has 2 fully saturated rings. The number of H-pyrrole nitrogens is 1. The molecule has 2 atom stereocenters. The molecule has 2 aromatic carbocycles. The Morgan fingerprint density at radius 1 is 0.980 bits per heavy atom. The van der Waals surface area contributed by atoms with Crippen molar-refractivity contribution in [3.8, 4) is 22.5 Å². The summed E-state index contributed by atoms with van der Waals surface area (Å²) in [5.41, 5.74) is 10.9. The zero-order valence-electron chi connectivity index (χ0n) is 27.9. The fourth-order valence-corrected chi connectivity index (χ4v) is 6.56. The monoisotopic (exact) mass is 678 g/mol. The lowest BCUT2D eigenvalue weighted by Crippen LogP contribution is -2.50. The van der Waals surface area contributed by atoms with Gasteiger partial charge in [-0.3, -0.25) is 24.2 Å². The topological polar surface area (TPSA) is 210 Å². The molecule has 1 saturated heterocycles. The zero-order chi connectivity index (χ0) is 35.0. The number of tetrazole rings is 1. The fraction of sp³-hybridized carbons (Fsp3) is 0.389. The summed E-state index contributed by atoms with van der Waals surface area (Å²) in [6.45, 7) is 3.14. The van der Waals surface area contributed by atoms with Crippen LogP contribution in [-0.4, -0.2) is 74.4 Å². The first kappa shape index (κ1) is 34.4. The minimum atomic E-state index is -0.815. The van der Waals surface area contributed by atoms with Gasteiger partial charge in [-0.15, -0.1) is 10.2 Å². The summed E-state index contributed by atoms with van der Waals surface area (Å²) in [4.78, 5) is 56.3. The van der Waals surface area contributed by atoms with E-state index >= 15 is 0 Å². The van der Waals surface area contributed by atoms with Crippen molar-refractivity contribution in [3.05, 3.63) is 77.6 Å². The summed E-state index contributed by atoms with van der Waals surface area (Å²) >= 11 is 0. The fourth-order valence-electron chi connectivity index (χ4n) is 6.56. The lowest BCUT2D eigenvalue weighted by atomic mass is 9.81. The van der Waals surface area contributed by atoms with Crippen LogP contribution in [0.2, 0.25) is 0 Å². The van der Waals surface area contributed by atoms with Crippen LogP contribution in [0.3, 0.4) is 0 Å². The first-order valence-corrected chi connectivity index (χ1v) is 17.1. The van der Waals surface area contributed by atoms with Gasteiger partial charge in [0.15, 0.2) is 0 Å². The van der Waals surface area contributed by atoms with Gasteiger partial charge in [0.1, 0.15) is 17.8 Å². The van der Waals surface area contributed by atoms with Gasteiger partial charge in [-0.25, -0.2) is 0 Å². The third-order valence-electron chi connectivity index (χ3n) is 9.58. The Balaban J connectivity index is 1.14. The molecular weight excluding hydrogens is 636 g/mol. The van der Waals surface area contributed by atoms with Crippen molar-refractivity contribution in [2.24, 2.45) is 17.6 Å². The third-order valence-corrected chi connectivity index (χ3v) is 9.58. The van der Waals surface area contributed by atoms with Gasteiger partial charge in [0, 0.05) is 41.9 Å². The van der Waals surface area contributed by atoms with E-state index in [9.17, 15) is 19.2 Å². The van der Waals surface area contributed by atoms with Crippen LogP contribution in [-0.2, 0) is 20.8 Å². The molecule has 2 aliphatic rings. The maximum Gasteiger partial charge on any atom is 0.270 e. The van der Waals surface area contributed by atoms with Crippen LogP contribution in [0, 0.1) is 18.8 Å². The second kappa shape index (κ2) is 15.8. The van der Waals surface area contributed by atoms with Crippen LogP contribution in [0.15, 0.2) is 60.8 Å². The van der Waals surface area contributed by atoms with Crippen LogP contribution in [0.5, 0.6) is 0 Å². The van der Waals surface area contributed by atoms with Crippen molar-refractivity contribution in [1.82, 2.24) is 41.6 Å². The van der Waals surface area contributed by atoms with E-state index in [0.29, 0.717) is 36.9 Å². The number of hydrogen-bond donors (Lipinski definition) is 6. The number of carbonyl (C=O) groups is 4. The van der Waals surface area contributed by atoms with Crippen molar-refractivity contribution in [1.29, 1.82) is 0 Å². The number of nitrogens with one attached hydrogen (secondary N) is 5. The van der Waals surface area contributed by atoms with Crippen LogP contribution in [0.25, 0.3) is 22.5 Å². The molecule has 50 heavy (non-hydrogen) atoms. The smallest absolute Gasteiger partial charge is 0.270 e. The SMILES string of the molecule is Cc1cc(C(=O)NC2CCCNC2=O)ncc1-c1ccc(C[C@H](NC(=O)C2CCC(CN)CC2)C(=O)Nc2ccc(-c3nn[nH]n3)cc2)cc1. The van der Waals surface area contributed by atoms with Crippen LogP contribution < -0.4 is 27.0 Å². The summed E-state index contributed by atoms with van der Waals surface area (Å²) in [6, 6.07) is 15.1. The van der Waals surface area contributed by atoms with Crippen molar-refractivity contribution in [2.75, 3.05) is 18.4 Å². The predicted molar refractivity (Wildman–Crippen MR) is 186 cm³/mol. The number of anilines is 1. The summed E-state index contributed by atoms with van der Waals surface area (Å²) < 4.78 is 0. The molecule has 0 spiro atoms. The van der Waals surface area contributed by atoms with E-state index in [0.717, 1.165) is 59.9 Å². The zero-order valence-corrected chi connectivity index (χ0v) is 27.9. The molecule has 1 aliphatic heterocycles. The highest BCUT2D eigenvalue weighted by Crippen LogP contribution is 2.29. The molecule has 260 valence electrons. The van der Waals surface area contributed by atoms with Crippen molar-refractivity contribution >= 4 is 29.3 Å². The summed E-state index contributed by atoms with van der Waals surface area (Å²) in [5.74, 6) is -0.307. The van der Waals surface area contributed by atoms with Gasteiger partial charge < -0.3 is 27.0 Å². The average Bonchev–Trinajstić information content (AvgIpc) is 3.68. The number of aryl methyl sites for hydroxylation is 1. The molecule has 14 nitrogen and oxygen atoms in total. The van der Waals surface area contributed by atoms with Crippen molar-refractivity contribution in [3.63, 3.8) is 0 Å². The third kappa shape index (κ3) is 8.37. The molecule has 0 radical (unpaired) electrons. The second-order valence-corrected chi connectivity index (χ2v) is 13.1. The molecule has 0 bridgehead atoms. The van der Waals surface area contributed by atoms with Crippen LogP contribution in [0.4, 0.5) is 5.69 Å². The maximum absolute atomic E-state index is 13.7. The Morgan fingerprint density at radius 2 is 1.72 bits per heavy atom. The molecule has 4 amide bonds. The number of rotatable bonds is 11. The summed E-state index contributed by atoms with van der Waals surface area (Å²) in [5, 5.41) is 25.5. The Bertz CT molecular complexity index is 1800. The lowest BCUT2D eigenvalue weighted by molar-refractivity contribution is -0.130. The number of aromatic nitrogens is 5. The van der Waals surface area contributed by atoms with E-state index < -0.39 is 18.0 Å². The largest absolute Gasteiger partial charge is 0.354 e. The number of benzene rings is 2. The number of amides is 4. The van der Waals surface area contributed by atoms with Gasteiger partial charge in [-0.05, 0) is 110 Å². The van der Waals surface area contributed by atoms with Gasteiger partial charge in [0.25, 0.3) is 5.91 Å². The summed E-state index contributed by atoms with van der Waals surface area (Å²) in [7, 11) is 0. The molecule has 3 heterocycles. The van der Waals surface area contributed by atoms with E-state index in [1.807, 2.05) is 31.2 Å². The molecule has 14 heteroatoms. The van der Waals surface area contributed by atoms with E-state index in [1.54, 1.807) is 36.5 Å². The summed E-state index contributed by atoms with van der Waals surface area (Å²) in [6.07, 6.45) is 6.63. The number of pyridine rings is 1. The minimum absolute atomic E-state index is 0.125. The van der Waals surface area contributed by atoms with Gasteiger partial charge in [-0.2, -0.15) is 5.21 Å². The van der Waals surface area contributed by atoms with E-state index in [2.05, 4.69) is 46.9 Å². The number of aromatic amines is 1. The van der Waals surface area contributed by atoms with Gasteiger partial charge in [-0.1, -0.05) is 24.3 Å². The predicted octanol–water partition coefficient (Wildman–Crippen LogP) is 2.68.